The molecule has 2 rings (SSSR count). The molecule has 0 amide bonds. The molecular weight excluding hydrogens is 390 g/mol. The van der Waals surface area contributed by atoms with Gasteiger partial charge in [0.2, 0.25) is 0 Å². The van der Waals surface area contributed by atoms with Crippen molar-refractivity contribution in [1.29, 1.82) is 0 Å². The smallest absolute Gasteiger partial charge is 0.381 e. The summed E-state index contributed by atoms with van der Waals surface area (Å²) in [4.78, 5) is 0. The van der Waals surface area contributed by atoms with E-state index in [1.165, 1.54) is 6.07 Å². The second-order valence-corrected chi connectivity index (χ2v) is 5.90. The molecule has 1 nitrogen and oxygen atoms in total. The van der Waals surface area contributed by atoms with E-state index in [-0.39, 0.29) is 11.0 Å². The highest BCUT2D eigenvalue weighted by atomic mass is 79.9. The molecule has 0 aliphatic heterocycles. The first-order valence-corrected chi connectivity index (χ1v) is 7.37. The van der Waals surface area contributed by atoms with E-state index in [0.717, 1.165) is 6.07 Å². The van der Waals surface area contributed by atoms with Crippen molar-refractivity contribution in [3.8, 4) is 0 Å². The number of nitrogens with one attached hydrogen (secondary N) is 1. The van der Waals surface area contributed by atoms with Gasteiger partial charge in [-0.3, -0.25) is 0 Å². The van der Waals surface area contributed by atoms with E-state index in [1.807, 2.05) is 0 Å². The maximum Gasteiger partial charge on any atom is 0.417 e. The fourth-order valence-electron chi connectivity index (χ4n) is 1.73. The van der Waals surface area contributed by atoms with Crippen LogP contribution >= 0.6 is 39.1 Å². The molecule has 1 N–H and O–H groups in total. The lowest BCUT2D eigenvalue weighted by molar-refractivity contribution is -0.138. The standard InChI is InChI=1S/C14H9BrCl2F3N/c15-11-5-4-9(6-10(11)14(18,19)20)21-7-8-2-1-3-12(16)13(8)17/h1-6,21H,7H2. The fraction of sp³-hybridized carbons (Fsp3) is 0.143. The summed E-state index contributed by atoms with van der Waals surface area (Å²) >= 11 is 14.8. The van der Waals surface area contributed by atoms with E-state index in [1.54, 1.807) is 24.3 Å². The van der Waals surface area contributed by atoms with Crippen molar-refractivity contribution in [2.24, 2.45) is 0 Å². The van der Waals surface area contributed by atoms with Gasteiger partial charge in [0.25, 0.3) is 0 Å². The van der Waals surface area contributed by atoms with Crippen LogP contribution in [-0.2, 0) is 12.7 Å². The van der Waals surface area contributed by atoms with Crippen LogP contribution < -0.4 is 5.32 Å². The third-order valence-corrected chi connectivity index (χ3v) is 4.34. The zero-order chi connectivity index (χ0) is 15.6. The number of benzene rings is 2. The SMILES string of the molecule is FC(F)(F)c1cc(NCc2cccc(Cl)c2Cl)ccc1Br. The highest BCUT2D eigenvalue weighted by Gasteiger charge is 2.33. The Balaban J connectivity index is 2.19. The van der Waals surface area contributed by atoms with Gasteiger partial charge in [0.05, 0.1) is 15.6 Å². The molecule has 0 aliphatic rings. The third-order valence-electron chi connectivity index (χ3n) is 2.79. The van der Waals surface area contributed by atoms with Gasteiger partial charge >= 0.3 is 6.18 Å². The Morgan fingerprint density at radius 2 is 1.81 bits per heavy atom. The summed E-state index contributed by atoms with van der Waals surface area (Å²) in [5.41, 5.74) is 0.326. The quantitative estimate of drug-likeness (QED) is 0.631. The van der Waals surface area contributed by atoms with Gasteiger partial charge in [-0.05, 0) is 29.8 Å². The number of halogens is 6. The van der Waals surface area contributed by atoms with Crippen LogP contribution in [0.25, 0.3) is 0 Å². The van der Waals surface area contributed by atoms with Crippen molar-refractivity contribution in [1.82, 2.24) is 0 Å². The van der Waals surface area contributed by atoms with Crippen LogP contribution in [-0.4, -0.2) is 0 Å². The summed E-state index contributed by atoms with van der Waals surface area (Å²) in [6.07, 6.45) is -4.41. The predicted molar refractivity (Wildman–Crippen MR) is 82.9 cm³/mol. The van der Waals surface area contributed by atoms with E-state index >= 15 is 0 Å². The molecular formula is C14H9BrCl2F3N. The summed E-state index contributed by atoms with van der Waals surface area (Å²) in [6.45, 7) is 0.276. The molecule has 0 bridgehead atoms. The minimum Gasteiger partial charge on any atom is -0.381 e. The molecule has 0 aliphatic carbocycles. The van der Waals surface area contributed by atoms with E-state index in [4.69, 9.17) is 23.2 Å². The molecule has 0 aromatic heterocycles. The zero-order valence-electron chi connectivity index (χ0n) is 10.4. The molecule has 0 unspecified atom stereocenters. The van der Waals surface area contributed by atoms with Crippen molar-refractivity contribution in [2.45, 2.75) is 12.7 Å². The van der Waals surface area contributed by atoms with Gasteiger partial charge in [0.1, 0.15) is 0 Å². The van der Waals surface area contributed by atoms with Gasteiger partial charge in [0, 0.05) is 16.7 Å². The average Bonchev–Trinajstić information content (AvgIpc) is 2.40. The largest absolute Gasteiger partial charge is 0.417 e. The summed E-state index contributed by atoms with van der Waals surface area (Å²) in [7, 11) is 0. The summed E-state index contributed by atoms with van der Waals surface area (Å²) in [5, 5.41) is 3.70. The molecule has 0 radical (unpaired) electrons. The predicted octanol–water partition coefficient (Wildman–Crippen LogP) is 6.39. The Labute approximate surface area is 138 Å². The van der Waals surface area contributed by atoms with Crippen molar-refractivity contribution < 1.29 is 13.2 Å². The minimum absolute atomic E-state index is 0.00124. The maximum absolute atomic E-state index is 12.8. The van der Waals surface area contributed by atoms with Crippen LogP contribution in [0.15, 0.2) is 40.9 Å². The first kappa shape index (κ1) is 16.5. The summed E-state index contributed by atoms with van der Waals surface area (Å²) < 4.78 is 38.4. The Morgan fingerprint density at radius 3 is 2.48 bits per heavy atom. The van der Waals surface area contributed by atoms with Gasteiger partial charge in [-0.1, -0.05) is 51.3 Å². The van der Waals surface area contributed by atoms with Crippen LogP contribution in [0.4, 0.5) is 18.9 Å². The molecule has 0 saturated carbocycles. The molecule has 21 heavy (non-hydrogen) atoms. The molecule has 2 aromatic rings. The lowest BCUT2D eigenvalue weighted by atomic mass is 10.1. The van der Waals surface area contributed by atoms with Crippen LogP contribution in [0, 0.1) is 0 Å². The monoisotopic (exact) mass is 397 g/mol. The van der Waals surface area contributed by atoms with Crippen LogP contribution in [0.5, 0.6) is 0 Å². The van der Waals surface area contributed by atoms with Crippen molar-refractivity contribution in [3.05, 3.63) is 62.0 Å². The summed E-state index contributed by atoms with van der Waals surface area (Å²) in [6, 6.07) is 9.08. The lowest BCUT2D eigenvalue weighted by Gasteiger charge is -2.13. The minimum atomic E-state index is -4.41. The number of hydrogen-bond donors (Lipinski definition) is 1. The van der Waals surface area contributed by atoms with Crippen LogP contribution in [0.1, 0.15) is 11.1 Å². The molecule has 0 spiro atoms. The van der Waals surface area contributed by atoms with Crippen LogP contribution in [0.3, 0.4) is 0 Å². The topological polar surface area (TPSA) is 12.0 Å². The molecule has 0 atom stereocenters. The van der Waals surface area contributed by atoms with Crippen molar-refractivity contribution in [3.63, 3.8) is 0 Å². The van der Waals surface area contributed by atoms with Gasteiger partial charge in [-0.25, -0.2) is 0 Å². The molecule has 0 saturated heterocycles. The number of hydrogen-bond acceptors (Lipinski definition) is 1. The number of anilines is 1. The van der Waals surface area contributed by atoms with E-state index in [9.17, 15) is 13.2 Å². The molecule has 0 heterocycles. The Kier molecular flexibility index (Phi) is 5.07. The van der Waals surface area contributed by atoms with Gasteiger partial charge in [-0.15, -0.1) is 0 Å². The highest BCUT2D eigenvalue weighted by Crippen LogP contribution is 2.36. The third kappa shape index (κ3) is 4.05. The Bertz CT molecular complexity index is 659. The van der Waals surface area contributed by atoms with Gasteiger partial charge in [-0.2, -0.15) is 13.2 Å². The second-order valence-electron chi connectivity index (χ2n) is 4.26. The Morgan fingerprint density at radius 1 is 1.10 bits per heavy atom. The molecule has 0 fully saturated rings. The van der Waals surface area contributed by atoms with Crippen LogP contribution in [0.2, 0.25) is 10.0 Å². The normalized spacial score (nSPS) is 11.5. The second kappa shape index (κ2) is 6.46. The lowest BCUT2D eigenvalue weighted by Crippen LogP contribution is -2.08. The van der Waals surface area contributed by atoms with Crippen molar-refractivity contribution in [2.75, 3.05) is 5.32 Å². The van der Waals surface area contributed by atoms with E-state index < -0.39 is 11.7 Å². The molecule has 2 aromatic carbocycles. The number of rotatable bonds is 3. The van der Waals surface area contributed by atoms with E-state index in [2.05, 4.69) is 21.2 Å². The average molecular weight is 399 g/mol. The fourth-order valence-corrected chi connectivity index (χ4v) is 2.59. The number of alkyl halides is 3. The van der Waals surface area contributed by atoms with Gasteiger partial charge < -0.3 is 5.32 Å². The van der Waals surface area contributed by atoms with Gasteiger partial charge in [0.15, 0.2) is 0 Å². The highest BCUT2D eigenvalue weighted by molar-refractivity contribution is 9.10. The van der Waals surface area contributed by atoms with E-state index in [0.29, 0.717) is 21.3 Å². The van der Waals surface area contributed by atoms with Crippen molar-refractivity contribution >= 4 is 44.8 Å². The molecule has 7 heteroatoms. The summed E-state index contributed by atoms with van der Waals surface area (Å²) in [5.74, 6) is 0. The first-order valence-electron chi connectivity index (χ1n) is 5.82. The first-order chi connectivity index (χ1) is 9.79. The zero-order valence-corrected chi connectivity index (χ0v) is 13.5. The Hall–Kier alpha value is -0.910. The molecule has 112 valence electrons. The maximum atomic E-state index is 12.8.